The first-order chi connectivity index (χ1) is 34.4. The van der Waals surface area contributed by atoms with Crippen LogP contribution in [0.3, 0.4) is 0 Å². The van der Waals surface area contributed by atoms with Crippen molar-refractivity contribution in [2.75, 3.05) is 106 Å². The van der Waals surface area contributed by atoms with E-state index in [1.165, 1.54) is 20.8 Å². The molecule has 0 saturated carbocycles. The van der Waals surface area contributed by atoms with Gasteiger partial charge in [-0.05, 0) is 116 Å². The van der Waals surface area contributed by atoms with Gasteiger partial charge < -0.3 is 71.1 Å². The Kier molecular flexibility index (Phi) is 20.0. The zero-order chi connectivity index (χ0) is 56.6. The predicted molar refractivity (Wildman–Crippen MR) is 256 cm³/mol. The van der Waals surface area contributed by atoms with Crippen molar-refractivity contribution >= 4 is 41.8 Å². The van der Waals surface area contributed by atoms with E-state index in [0.717, 1.165) is 0 Å². The lowest BCUT2D eigenvalue weighted by atomic mass is 9.89. The Morgan fingerprint density at radius 1 is 0.400 bits per heavy atom. The molecule has 75 heavy (non-hydrogen) atoms. The molecule has 4 rings (SSSR count). The van der Waals surface area contributed by atoms with Crippen molar-refractivity contribution in [2.45, 2.75) is 133 Å². The van der Waals surface area contributed by atoms with Gasteiger partial charge in [-0.25, -0.2) is 0 Å². The number of carbonyl (C=O) groups excluding carboxylic acids is 7. The number of hydrogen-bond donors (Lipinski definition) is 0. The third-order valence-corrected chi connectivity index (χ3v) is 13.2. The molecule has 0 spiro atoms. The third-order valence-electron chi connectivity index (χ3n) is 13.2. The summed E-state index contributed by atoms with van der Waals surface area (Å²) in [4.78, 5) is 100. The molecular weight excluding hydrogens is 995 g/mol. The van der Waals surface area contributed by atoms with Gasteiger partial charge in [-0.15, -0.1) is 0 Å². The molecule has 0 aromatic carbocycles. The summed E-state index contributed by atoms with van der Waals surface area (Å²) in [7, 11) is 0. The van der Waals surface area contributed by atoms with Gasteiger partial charge in [-0.1, -0.05) is 5.11 Å². The van der Waals surface area contributed by atoms with Crippen molar-refractivity contribution in [2.24, 2.45) is 43.0 Å². The summed E-state index contributed by atoms with van der Waals surface area (Å²) in [6.45, 7) is 18.1. The molecule has 4 aliphatic heterocycles. The fourth-order valence-electron chi connectivity index (χ4n) is 6.86. The lowest BCUT2D eigenvalue weighted by Crippen LogP contribution is -2.52. The molecule has 25 nitrogen and oxygen atoms in total. The van der Waals surface area contributed by atoms with Crippen LogP contribution in [0.2, 0.25) is 0 Å². The van der Waals surface area contributed by atoms with Crippen LogP contribution in [0.1, 0.15) is 110 Å². The second kappa shape index (κ2) is 23.9. The van der Waals surface area contributed by atoms with Gasteiger partial charge in [0.05, 0.1) is 59.5 Å². The highest BCUT2D eigenvalue weighted by atomic mass is 16.7. The first-order valence-electron chi connectivity index (χ1n) is 24.7. The minimum atomic E-state index is -2.02. The molecule has 0 aliphatic carbocycles. The topological polar surface area (TPSA) is 307 Å². The van der Waals surface area contributed by atoms with E-state index >= 15 is 0 Å². The number of hydrogen-bond acceptors (Lipinski definition) is 23. The molecule has 25 heteroatoms. The highest BCUT2D eigenvalue weighted by molar-refractivity contribution is 5.84. The van der Waals surface area contributed by atoms with E-state index in [1.807, 2.05) is 0 Å². The SMILES string of the molecule is CC1(C)OCC(C)(C(=O)OCC(C)(COC(=O)C2(C)COC(C)(C)OC2)C(=O)OCC(C)(COC(=O)C(C)(COC(=O)C2(C)COC(C)(C)OC2)COC(=O)C2(C)COC(C)(C)OC2)C(=O)OCCCN=[N+]=[N-])CO1. The van der Waals surface area contributed by atoms with Crippen LogP contribution in [-0.2, 0) is 105 Å². The van der Waals surface area contributed by atoms with Crippen LogP contribution in [0.25, 0.3) is 10.4 Å². The van der Waals surface area contributed by atoms with Gasteiger partial charge >= 0.3 is 41.8 Å². The van der Waals surface area contributed by atoms with Gasteiger partial charge in [-0.3, -0.25) is 33.6 Å². The Balaban J connectivity index is 1.60. The Hall–Kier alpha value is -4.72. The highest BCUT2D eigenvalue weighted by Crippen LogP contribution is 2.37. The summed E-state index contributed by atoms with van der Waals surface area (Å²) >= 11 is 0. The maximum atomic E-state index is 14.4. The van der Waals surface area contributed by atoms with Crippen molar-refractivity contribution in [1.29, 1.82) is 0 Å². The molecule has 0 bridgehead atoms. The second-order valence-corrected chi connectivity index (χ2v) is 23.7. The van der Waals surface area contributed by atoms with Gasteiger partial charge in [0.1, 0.15) is 77.5 Å². The average Bonchev–Trinajstić information content (AvgIpc) is 3.35. The quantitative estimate of drug-likeness (QED) is 0.0335. The molecule has 0 aromatic heterocycles. The van der Waals surface area contributed by atoms with Gasteiger partial charge in [0, 0.05) is 11.5 Å². The molecule has 426 valence electrons. The summed E-state index contributed by atoms with van der Waals surface area (Å²) in [6, 6.07) is 0. The van der Waals surface area contributed by atoms with E-state index in [4.69, 9.17) is 76.6 Å². The monoisotopic (exact) mass is 1070 g/mol. The molecule has 0 amide bonds. The average molecular weight is 1070 g/mol. The van der Waals surface area contributed by atoms with E-state index in [0.29, 0.717) is 0 Å². The Morgan fingerprint density at radius 3 is 0.840 bits per heavy atom. The molecule has 4 heterocycles. The standard InChI is InChI=1S/C50H79N3O22/c1-40(2)68-25-47(12,26-69-40)36(57)64-21-45(10,22-65-37(58)48(13)27-70-41(3,4)71-28-48)34(55)62-19-44(9,33(54)61-18-16-17-52-53-51)20-63-35(56)46(11,23-66-38(59)49(14)29-72-42(5,6)73-30-49)24-67-39(60)50(15)31-74-43(7,8)75-32-50/h16-32H2,1-15H3. The third kappa shape index (κ3) is 16.9. The number of nitrogens with zero attached hydrogens (tertiary/aromatic N) is 3. The summed E-state index contributed by atoms with van der Waals surface area (Å²) in [5.41, 5.74) is -2.38. The van der Waals surface area contributed by atoms with Crippen molar-refractivity contribution < 1.29 is 105 Å². The number of ether oxygens (including phenoxy) is 15. The molecule has 0 N–H and O–H groups in total. The van der Waals surface area contributed by atoms with Crippen molar-refractivity contribution in [1.82, 2.24) is 0 Å². The molecule has 0 aromatic rings. The van der Waals surface area contributed by atoms with Crippen LogP contribution in [0.4, 0.5) is 0 Å². The fraction of sp³-hybridized carbons (Fsp3) is 0.860. The van der Waals surface area contributed by atoms with E-state index in [2.05, 4.69) is 10.0 Å². The maximum Gasteiger partial charge on any atom is 0.318 e. The van der Waals surface area contributed by atoms with E-state index in [-0.39, 0.29) is 72.4 Å². The molecule has 0 radical (unpaired) electrons. The van der Waals surface area contributed by atoms with Crippen LogP contribution in [0, 0.1) is 37.9 Å². The van der Waals surface area contributed by atoms with Crippen molar-refractivity contribution in [3.8, 4) is 0 Å². The van der Waals surface area contributed by atoms with Crippen LogP contribution in [-0.4, -0.2) is 171 Å². The van der Waals surface area contributed by atoms with Crippen molar-refractivity contribution in [3.63, 3.8) is 0 Å². The summed E-state index contributed by atoms with van der Waals surface area (Å²) in [5, 5.41) is 3.44. The summed E-state index contributed by atoms with van der Waals surface area (Å²) in [6.07, 6.45) is 0.0903. The zero-order valence-electron chi connectivity index (χ0n) is 46.3. The van der Waals surface area contributed by atoms with Crippen LogP contribution in [0.15, 0.2) is 5.11 Å². The van der Waals surface area contributed by atoms with E-state index in [1.54, 1.807) is 83.1 Å². The van der Waals surface area contributed by atoms with Gasteiger partial charge in [-0.2, -0.15) is 0 Å². The van der Waals surface area contributed by atoms with E-state index in [9.17, 15) is 33.6 Å². The normalized spacial score (nSPS) is 22.1. The summed E-state index contributed by atoms with van der Waals surface area (Å²) < 4.78 is 85.6. The summed E-state index contributed by atoms with van der Waals surface area (Å²) in [5.74, 6) is -10.4. The first-order valence-corrected chi connectivity index (χ1v) is 24.7. The van der Waals surface area contributed by atoms with Gasteiger partial charge in [0.2, 0.25) is 0 Å². The van der Waals surface area contributed by atoms with Crippen LogP contribution < -0.4 is 0 Å². The molecule has 4 fully saturated rings. The smallest absolute Gasteiger partial charge is 0.318 e. The molecule has 4 aliphatic rings. The number of carbonyl (C=O) groups is 7. The number of azide groups is 1. The first kappa shape index (κ1) is 62.8. The Morgan fingerprint density at radius 2 is 0.613 bits per heavy atom. The predicted octanol–water partition coefficient (Wildman–Crippen LogP) is 4.66. The zero-order valence-corrected chi connectivity index (χ0v) is 46.3. The molecule has 0 unspecified atom stereocenters. The second-order valence-electron chi connectivity index (χ2n) is 23.7. The molecular formula is C50H79N3O22. The number of esters is 7. The minimum Gasteiger partial charge on any atom is -0.465 e. The molecule has 0 atom stereocenters. The molecule has 4 saturated heterocycles. The van der Waals surface area contributed by atoms with Crippen molar-refractivity contribution in [3.05, 3.63) is 10.4 Å². The largest absolute Gasteiger partial charge is 0.465 e. The maximum absolute atomic E-state index is 14.4. The number of rotatable bonds is 23. The van der Waals surface area contributed by atoms with Gasteiger partial charge in [0.25, 0.3) is 0 Å². The fourth-order valence-corrected chi connectivity index (χ4v) is 6.86. The van der Waals surface area contributed by atoms with Crippen LogP contribution in [0.5, 0.6) is 0 Å². The minimum absolute atomic E-state index is 0.0374. The Bertz CT molecular complexity index is 1880. The van der Waals surface area contributed by atoms with E-state index < -0.39 is 142 Å². The highest BCUT2D eigenvalue weighted by Gasteiger charge is 2.52. The lowest BCUT2D eigenvalue weighted by Gasteiger charge is -2.41. The lowest BCUT2D eigenvalue weighted by molar-refractivity contribution is -0.283. The van der Waals surface area contributed by atoms with Gasteiger partial charge in [0.15, 0.2) is 23.1 Å². The Labute approximate surface area is 438 Å². The van der Waals surface area contributed by atoms with Crippen LogP contribution >= 0.6 is 0 Å².